The Bertz CT molecular complexity index is 376. The predicted molar refractivity (Wildman–Crippen MR) is 60.7 cm³/mol. The molecule has 1 aromatic rings. The quantitative estimate of drug-likeness (QED) is 0.814. The molecular weight excluding hydrogens is 202 g/mol. The minimum atomic E-state index is 0.423. The van der Waals surface area contributed by atoms with Crippen molar-refractivity contribution in [2.45, 2.75) is 32.4 Å². The molecular formula is C12H19N3O. The molecule has 3 unspecified atom stereocenters. The molecule has 3 atom stereocenters. The fourth-order valence-corrected chi connectivity index (χ4v) is 3.24. The summed E-state index contributed by atoms with van der Waals surface area (Å²) in [6, 6.07) is 2.44. The van der Waals surface area contributed by atoms with Crippen molar-refractivity contribution in [1.82, 2.24) is 10.1 Å². The van der Waals surface area contributed by atoms with Gasteiger partial charge in [0.05, 0.1) is 12.2 Å². The smallest absolute Gasteiger partial charge is 0.150 e. The summed E-state index contributed by atoms with van der Waals surface area (Å²) in [6.45, 7) is 5.16. The van der Waals surface area contributed by atoms with Crippen LogP contribution in [0.4, 0.5) is 0 Å². The van der Waals surface area contributed by atoms with Gasteiger partial charge in [0, 0.05) is 25.2 Å². The number of fused-ring (bicyclic) bond motifs is 1. The minimum Gasteiger partial charge on any atom is -0.360 e. The number of aryl methyl sites for hydroxylation is 1. The van der Waals surface area contributed by atoms with Crippen molar-refractivity contribution in [1.29, 1.82) is 0 Å². The van der Waals surface area contributed by atoms with Crippen LogP contribution in [0.25, 0.3) is 0 Å². The number of nitrogens with two attached hydrogens (primary N) is 1. The Morgan fingerprint density at radius 2 is 2.38 bits per heavy atom. The van der Waals surface area contributed by atoms with E-state index in [0.29, 0.717) is 12.0 Å². The molecule has 0 amide bonds. The molecule has 2 fully saturated rings. The van der Waals surface area contributed by atoms with E-state index in [1.165, 1.54) is 19.4 Å². The van der Waals surface area contributed by atoms with E-state index in [1.807, 2.05) is 13.0 Å². The Labute approximate surface area is 95.8 Å². The lowest BCUT2D eigenvalue weighted by atomic mass is 9.98. The van der Waals surface area contributed by atoms with Crippen LogP contribution >= 0.6 is 0 Å². The number of rotatable bonds is 2. The van der Waals surface area contributed by atoms with Gasteiger partial charge >= 0.3 is 0 Å². The van der Waals surface area contributed by atoms with Crippen LogP contribution in [0.1, 0.15) is 24.3 Å². The number of hydrogen-bond acceptors (Lipinski definition) is 4. The van der Waals surface area contributed by atoms with Crippen molar-refractivity contribution in [3.8, 4) is 0 Å². The van der Waals surface area contributed by atoms with Gasteiger partial charge in [-0.3, -0.25) is 4.90 Å². The van der Waals surface area contributed by atoms with Crippen LogP contribution in [0, 0.1) is 18.8 Å². The first kappa shape index (κ1) is 10.3. The third-order valence-corrected chi connectivity index (χ3v) is 4.04. The second-order valence-corrected chi connectivity index (χ2v) is 5.29. The highest BCUT2D eigenvalue weighted by Gasteiger charge is 2.40. The molecule has 2 N–H and O–H groups in total. The molecule has 1 saturated heterocycles. The van der Waals surface area contributed by atoms with E-state index in [2.05, 4.69) is 10.1 Å². The zero-order chi connectivity index (χ0) is 11.1. The molecule has 16 heavy (non-hydrogen) atoms. The molecule has 1 aromatic heterocycles. The highest BCUT2D eigenvalue weighted by molar-refractivity contribution is 5.04. The zero-order valence-corrected chi connectivity index (χ0v) is 9.72. The van der Waals surface area contributed by atoms with Crippen LogP contribution in [0.3, 0.4) is 0 Å². The van der Waals surface area contributed by atoms with Crippen molar-refractivity contribution >= 4 is 0 Å². The molecule has 4 heteroatoms. The van der Waals surface area contributed by atoms with E-state index in [4.69, 9.17) is 10.3 Å². The summed E-state index contributed by atoms with van der Waals surface area (Å²) in [6.07, 6.45) is 2.52. The van der Waals surface area contributed by atoms with E-state index in [-0.39, 0.29) is 0 Å². The minimum absolute atomic E-state index is 0.423. The Morgan fingerprint density at radius 1 is 1.50 bits per heavy atom. The molecule has 2 aliphatic rings. The maximum atomic E-state index is 6.12. The van der Waals surface area contributed by atoms with Crippen LogP contribution in [0.2, 0.25) is 0 Å². The molecule has 0 spiro atoms. The fraction of sp³-hybridized carbons (Fsp3) is 0.750. The van der Waals surface area contributed by atoms with Gasteiger partial charge in [-0.25, -0.2) is 0 Å². The van der Waals surface area contributed by atoms with Gasteiger partial charge in [-0.2, -0.15) is 0 Å². The van der Waals surface area contributed by atoms with Crippen LogP contribution in [0.5, 0.6) is 0 Å². The summed E-state index contributed by atoms with van der Waals surface area (Å²) in [5, 5.41) is 3.92. The van der Waals surface area contributed by atoms with Crippen LogP contribution in [0.15, 0.2) is 10.6 Å². The molecule has 1 aliphatic heterocycles. The lowest BCUT2D eigenvalue weighted by Crippen LogP contribution is -2.30. The van der Waals surface area contributed by atoms with E-state index in [0.717, 1.165) is 30.5 Å². The molecule has 0 aromatic carbocycles. The number of nitrogens with zero attached hydrogens (tertiary/aromatic N) is 2. The number of aromatic nitrogens is 1. The van der Waals surface area contributed by atoms with Gasteiger partial charge in [0.2, 0.25) is 0 Å². The summed E-state index contributed by atoms with van der Waals surface area (Å²) in [4.78, 5) is 2.45. The van der Waals surface area contributed by atoms with E-state index >= 15 is 0 Å². The number of likely N-dealkylation sites (tertiary alicyclic amines) is 1. The Hall–Kier alpha value is -0.870. The maximum absolute atomic E-state index is 6.12. The van der Waals surface area contributed by atoms with E-state index in [1.54, 1.807) is 0 Å². The summed E-state index contributed by atoms with van der Waals surface area (Å²) < 4.78 is 5.25. The second-order valence-electron chi connectivity index (χ2n) is 5.29. The van der Waals surface area contributed by atoms with Gasteiger partial charge in [-0.1, -0.05) is 5.16 Å². The highest BCUT2D eigenvalue weighted by Crippen LogP contribution is 2.37. The van der Waals surface area contributed by atoms with Crippen molar-refractivity contribution in [3.63, 3.8) is 0 Å². The van der Waals surface area contributed by atoms with Gasteiger partial charge in [0.1, 0.15) is 0 Å². The summed E-state index contributed by atoms with van der Waals surface area (Å²) >= 11 is 0. The maximum Gasteiger partial charge on any atom is 0.150 e. The van der Waals surface area contributed by atoms with Crippen LogP contribution in [-0.4, -0.2) is 29.2 Å². The number of hydrogen-bond donors (Lipinski definition) is 1. The Morgan fingerprint density at radius 3 is 3.06 bits per heavy atom. The fourth-order valence-electron chi connectivity index (χ4n) is 3.24. The summed E-state index contributed by atoms with van der Waals surface area (Å²) in [5.41, 5.74) is 7.08. The first-order valence-corrected chi connectivity index (χ1v) is 6.12. The summed E-state index contributed by atoms with van der Waals surface area (Å²) in [5.74, 6) is 2.51. The molecule has 0 radical (unpaired) electrons. The third-order valence-electron chi connectivity index (χ3n) is 4.04. The average Bonchev–Trinajstić information content (AvgIpc) is 2.88. The van der Waals surface area contributed by atoms with Gasteiger partial charge in [0.25, 0.3) is 0 Å². The molecule has 1 aliphatic carbocycles. The van der Waals surface area contributed by atoms with Crippen LogP contribution < -0.4 is 5.73 Å². The molecule has 88 valence electrons. The van der Waals surface area contributed by atoms with E-state index < -0.39 is 0 Å². The normalized spacial score (nSPS) is 34.5. The largest absolute Gasteiger partial charge is 0.360 e. The lowest BCUT2D eigenvalue weighted by Gasteiger charge is -2.16. The second kappa shape index (κ2) is 3.86. The molecule has 3 rings (SSSR count). The Balaban J connectivity index is 1.62. The average molecular weight is 221 g/mol. The highest BCUT2D eigenvalue weighted by atomic mass is 16.5. The monoisotopic (exact) mass is 221 g/mol. The van der Waals surface area contributed by atoms with Crippen molar-refractivity contribution in [2.24, 2.45) is 17.6 Å². The molecule has 2 heterocycles. The topological polar surface area (TPSA) is 55.3 Å². The molecule has 4 nitrogen and oxygen atoms in total. The third kappa shape index (κ3) is 1.76. The predicted octanol–water partition coefficient (Wildman–Crippen LogP) is 1.15. The zero-order valence-electron chi connectivity index (χ0n) is 9.72. The van der Waals surface area contributed by atoms with Crippen LogP contribution in [-0.2, 0) is 6.54 Å². The Kier molecular flexibility index (Phi) is 2.48. The van der Waals surface area contributed by atoms with E-state index in [9.17, 15) is 0 Å². The van der Waals surface area contributed by atoms with Crippen molar-refractivity contribution in [3.05, 3.63) is 17.5 Å². The molecule has 0 bridgehead atoms. The lowest BCUT2D eigenvalue weighted by molar-refractivity contribution is 0.254. The van der Waals surface area contributed by atoms with Gasteiger partial charge in [-0.05, 0) is 31.6 Å². The SMILES string of the molecule is Cc1cc(CN2CC3CCC(N)C3C2)on1. The molecule has 1 saturated carbocycles. The first-order chi connectivity index (χ1) is 7.72. The standard InChI is InChI=1S/C12H19N3O/c1-8-4-10(16-14-8)6-15-5-9-2-3-12(13)11(9)7-15/h4,9,11-12H,2-3,5-7,13H2,1H3. The van der Waals surface area contributed by atoms with Crippen molar-refractivity contribution in [2.75, 3.05) is 13.1 Å². The van der Waals surface area contributed by atoms with Gasteiger partial charge in [-0.15, -0.1) is 0 Å². The van der Waals surface area contributed by atoms with Gasteiger partial charge < -0.3 is 10.3 Å². The first-order valence-electron chi connectivity index (χ1n) is 6.12. The summed E-state index contributed by atoms with van der Waals surface area (Å²) in [7, 11) is 0. The van der Waals surface area contributed by atoms with Crippen molar-refractivity contribution < 1.29 is 4.52 Å². The van der Waals surface area contributed by atoms with Gasteiger partial charge in [0.15, 0.2) is 5.76 Å².